The van der Waals surface area contributed by atoms with Crippen LogP contribution in [-0.4, -0.2) is 27.1 Å². The van der Waals surface area contributed by atoms with Crippen molar-refractivity contribution < 1.29 is 24.9 Å². The Kier molecular flexibility index (Phi) is 4.38. The van der Waals surface area contributed by atoms with E-state index >= 15 is 0 Å². The van der Waals surface area contributed by atoms with Gasteiger partial charge in [-0.1, -0.05) is 27.7 Å². The smallest absolute Gasteiger partial charge is 0.309 e. The first-order chi connectivity index (χ1) is 15.2. The van der Waals surface area contributed by atoms with Crippen LogP contribution in [0.5, 0.6) is 11.5 Å². The van der Waals surface area contributed by atoms with Gasteiger partial charge in [-0.05, 0) is 103 Å². The minimum atomic E-state index is -0.709. The van der Waals surface area contributed by atoms with Crippen molar-refractivity contribution in [1.82, 2.24) is 0 Å². The Balaban J connectivity index is 1.66. The molecular weight excluding hydrogens is 416 g/mol. The first kappa shape index (κ1) is 22.5. The number of aromatic hydroxyl groups is 2. The second-order valence-electron chi connectivity index (χ2n) is 12.7. The number of aliphatic carboxylic acids is 1. The van der Waals surface area contributed by atoms with Gasteiger partial charge < -0.3 is 15.3 Å². The number of phenolic OH excluding ortho intramolecular Hbond substituents is 2. The molecule has 4 aliphatic carbocycles. The number of hydrogen-bond acceptors (Lipinski definition) is 4. The fourth-order valence-electron chi connectivity index (χ4n) is 8.42. The Labute approximate surface area is 195 Å². The maximum atomic E-state index is 13.3. The van der Waals surface area contributed by atoms with E-state index in [1.165, 1.54) is 6.07 Å². The third kappa shape index (κ3) is 2.65. The number of phenols is 2. The molecule has 0 amide bonds. The van der Waals surface area contributed by atoms with Crippen molar-refractivity contribution in [2.24, 2.45) is 27.6 Å². The Morgan fingerprint density at radius 3 is 2.21 bits per heavy atom. The highest BCUT2D eigenvalue weighted by Gasteiger charge is 2.67. The van der Waals surface area contributed by atoms with Crippen molar-refractivity contribution in [2.45, 2.75) is 85.0 Å². The summed E-state index contributed by atoms with van der Waals surface area (Å²) in [6.45, 7) is 11.1. The van der Waals surface area contributed by atoms with Gasteiger partial charge >= 0.3 is 5.97 Å². The van der Waals surface area contributed by atoms with Crippen LogP contribution in [0.15, 0.2) is 23.8 Å². The van der Waals surface area contributed by atoms with Crippen LogP contribution in [-0.2, 0) is 10.2 Å². The monoisotopic (exact) mass is 452 g/mol. The molecule has 6 unspecified atom stereocenters. The van der Waals surface area contributed by atoms with Gasteiger partial charge in [0.15, 0.2) is 17.3 Å². The molecular formula is C28H36O5. The van der Waals surface area contributed by atoms with Gasteiger partial charge in [-0.25, -0.2) is 0 Å². The fraction of sp³-hybridized carbons (Fsp3) is 0.643. The highest BCUT2D eigenvalue weighted by molar-refractivity contribution is 6.09. The van der Waals surface area contributed by atoms with Crippen molar-refractivity contribution in [1.29, 1.82) is 0 Å². The van der Waals surface area contributed by atoms with Crippen LogP contribution in [0, 0.1) is 27.6 Å². The third-order valence-corrected chi connectivity index (χ3v) is 11.1. The third-order valence-electron chi connectivity index (χ3n) is 11.1. The molecule has 0 aliphatic heterocycles. The first-order valence-corrected chi connectivity index (χ1v) is 12.3. The number of carboxylic acids is 1. The molecule has 178 valence electrons. The zero-order valence-corrected chi connectivity index (χ0v) is 20.4. The number of carbonyl (C=O) groups excluding carboxylic acids is 1. The summed E-state index contributed by atoms with van der Waals surface area (Å²) in [5.41, 5.74) is 1.02. The van der Waals surface area contributed by atoms with E-state index in [2.05, 4.69) is 27.7 Å². The van der Waals surface area contributed by atoms with Gasteiger partial charge in [-0.3, -0.25) is 9.59 Å². The van der Waals surface area contributed by atoms with Gasteiger partial charge in [0.25, 0.3) is 0 Å². The van der Waals surface area contributed by atoms with E-state index in [1.807, 2.05) is 6.92 Å². The number of ketones is 1. The summed E-state index contributed by atoms with van der Waals surface area (Å²) in [5.74, 6) is -1.02. The van der Waals surface area contributed by atoms with E-state index in [0.29, 0.717) is 12.0 Å². The lowest BCUT2D eigenvalue weighted by atomic mass is 9.34. The second-order valence-corrected chi connectivity index (χ2v) is 12.7. The van der Waals surface area contributed by atoms with E-state index in [0.717, 1.165) is 49.7 Å². The number of carboxylic acid groups (broad SMARTS) is 1. The highest BCUT2D eigenvalue weighted by Crippen LogP contribution is 2.74. The summed E-state index contributed by atoms with van der Waals surface area (Å²) in [6.07, 6.45) is 7.87. The Bertz CT molecular complexity index is 1120. The topological polar surface area (TPSA) is 94.8 Å². The summed E-state index contributed by atoms with van der Waals surface area (Å²) in [4.78, 5) is 25.5. The first-order valence-electron chi connectivity index (χ1n) is 12.3. The molecule has 1 aromatic rings. The van der Waals surface area contributed by atoms with Crippen LogP contribution < -0.4 is 0 Å². The van der Waals surface area contributed by atoms with Gasteiger partial charge in [0.05, 0.1) is 5.41 Å². The molecule has 3 N–H and O–H groups in total. The highest BCUT2D eigenvalue weighted by atomic mass is 16.4. The molecule has 0 bridgehead atoms. The molecule has 0 heterocycles. The number of rotatable bonds is 1. The molecule has 6 atom stereocenters. The van der Waals surface area contributed by atoms with Gasteiger partial charge in [0, 0.05) is 11.0 Å². The Hall–Kier alpha value is -2.30. The van der Waals surface area contributed by atoms with Gasteiger partial charge in [-0.2, -0.15) is 0 Å². The molecule has 5 rings (SSSR count). The predicted octanol–water partition coefficient (Wildman–Crippen LogP) is 5.98. The van der Waals surface area contributed by atoms with Gasteiger partial charge in [0.2, 0.25) is 0 Å². The largest absolute Gasteiger partial charge is 0.504 e. The lowest BCUT2D eigenvalue weighted by Crippen LogP contribution is -2.62. The van der Waals surface area contributed by atoms with Crippen LogP contribution >= 0.6 is 0 Å². The van der Waals surface area contributed by atoms with Crippen LogP contribution in [0.2, 0.25) is 0 Å². The Morgan fingerprint density at radius 1 is 0.909 bits per heavy atom. The maximum absolute atomic E-state index is 13.3. The second kappa shape index (κ2) is 6.43. The summed E-state index contributed by atoms with van der Waals surface area (Å²) in [5, 5.41) is 30.3. The quantitative estimate of drug-likeness (QED) is 0.456. The summed E-state index contributed by atoms with van der Waals surface area (Å²) >= 11 is 0. The molecule has 0 radical (unpaired) electrons. The number of carbonyl (C=O) groups is 2. The van der Waals surface area contributed by atoms with Crippen LogP contribution in [0.4, 0.5) is 0 Å². The lowest BCUT2D eigenvalue weighted by molar-refractivity contribution is -0.177. The number of benzene rings is 1. The number of allylic oxidation sites excluding steroid dienone is 2. The zero-order chi connectivity index (χ0) is 24.2. The van der Waals surface area contributed by atoms with Crippen molar-refractivity contribution in [3.63, 3.8) is 0 Å². The van der Waals surface area contributed by atoms with Crippen molar-refractivity contribution in [3.8, 4) is 11.5 Å². The molecule has 1 aromatic carbocycles. The molecule has 33 heavy (non-hydrogen) atoms. The number of hydrogen-bond donors (Lipinski definition) is 3. The fourth-order valence-corrected chi connectivity index (χ4v) is 8.42. The number of fused-ring (bicyclic) bond motifs is 7. The van der Waals surface area contributed by atoms with Crippen LogP contribution in [0.1, 0.15) is 95.5 Å². The SMILES string of the molecule is CC1(C(=O)O)CCC2(C)CCC3(C)C4=CC(=O)c5cc(O)c(O)cc5C4(C)CCC3(C)C2C1. The minimum Gasteiger partial charge on any atom is -0.504 e. The zero-order valence-electron chi connectivity index (χ0n) is 20.4. The summed E-state index contributed by atoms with van der Waals surface area (Å²) in [7, 11) is 0. The summed E-state index contributed by atoms with van der Waals surface area (Å²) < 4.78 is 0. The average molecular weight is 453 g/mol. The molecule has 5 nitrogen and oxygen atoms in total. The Morgan fingerprint density at radius 2 is 1.55 bits per heavy atom. The van der Waals surface area contributed by atoms with Crippen molar-refractivity contribution >= 4 is 11.8 Å². The molecule has 3 fully saturated rings. The van der Waals surface area contributed by atoms with Crippen LogP contribution in [0.25, 0.3) is 0 Å². The molecule has 0 saturated heterocycles. The molecule has 4 aliphatic rings. The van der Waals surface area contributed by atoms with E-state index in [1.54, 1.807) is 12.1 Å². The van der Waals surface area contributed by atoms with E-state index in [4.69, 9.17) is 0 Å². The predicted molar refractivity (Wildman–Crippen MR) is 125 cm³/mol. The molecule has 5 heteroatoms. The summed E-state index contributed by atoms with van der Waals surface area (Å²) in [6, 6.07) is 2.98. The van der Waals surface area contributed by atoms with Gasteiger partial charge in [-0.15, -0.1) is 0 Å². The maximum Gasteiger partial charge on any atom is 0.309 e. The average Bonchev–Trinajstić information content (AvgIpc) is 2.75. The van der Waals surface area contributed by atoms with Gasteiger partial charge in [0.1, 0.15) is 0 Å². The van der Waals surface area contributed by atoms with Crippen molar-refractivity contribution in [2.75, 3.05) is 0 Å². The standard InChI is InChI=1S/C28H36O5/c1-24-6-7-25(2,23(32)33)15-22(24)28(5)11-9-26(3)17-13-20(31)19(30)12-16(17)18(29)14-21(26)27(28,4)10-8-24/h12-14,22,30-31H,6-11,15H2,1-5H3,(H,32,33). The molecule has 3 saturated carbocycles. The van der Waals surface area contributed by atoms with E-state index < -0.39 is 16.8 Å². The van der Waals surface area contributed by atoms with E-state index in [9.17, 15) is 24.9 Å². The molecule has 0 spiro atoms. The lowest BCUT2D eigenvalue weighted by Gasteiger charge is -2.69. The van der Waals surface area contributed by atoms with Crippen molar-refractivity contribution in [3.05, 3.63) is 34.9 Å². The normalized spacial score (nSPS) is 44.1. The van der Waals surface area contributed by atoms with Crippen LogP contribution in [0.3, 0.4) is 0 Å². The van der Waals surface area contributed by atoms with E-state index in [-0.39, 0.29) is 39.4 Å². The minimum absolute atomic E-state index is 0.109. The molecule has 0 aromatic heterocycles.